The van der Waals surface area contributed by atoms with Gasteiger partial charge in [0.25, 0.3) is 0 Å². The summed E-state index contributed by atoms with van der Waals surface area (Å²) in [6.45, 7) is 4.27. The van der Waals surface area contributed by atoms with Crippen LogP contribution in [0.25, 0.3) is 11.1 Å². The molecule has 0 heterocycles. The fourth-order valence-electron chi connectivity index (χ4n) is 1.83. The number of ether oxygens (including phenoxy) is 2. The van der Waals surface area contributed by atoms with Gasteiger partial charge >= 0.3 is 5.97 Å². The van der Waals surface area contributed by atoms with Gasteiger partial charge in [-0.2, -0.15) is 0 Å². The van der Waals surface area contributed by atoms with Crippen molar-refractivity contribution >= 4 is 5.97 Å². The van der Waals surface area contributed by atoms with Crippen LogP contribution < -0.4 is 4.74 Å². The van der Waals surface area contributed by atoms with Crippen molar-refractivity contribution in [3.63, 3.8) is 0 Å². The molecule has 94 valence electrons. The minimum atomic E-state index is -0.469. The van der Waals surface area contributed by atoms with Crippen molar-refractivity contribution in [2.45, 2.75) is 13.8 Å². The predicted octanol–water partition coefficient (Wildman–Crippen LogP) is 3.37. The lowest BCUT2D eigenvalue weighted by atomic mass is 10.1. The quantitative estimate of drug-likeness (QED) is 0.776. The molecule has 0 aromatic heterocycles. The van der Waals surface area contributed by atoms with Crippen LogP contribution in [-0.2, 0) is 4.74 Å². The third kappa shape index (κ3) is 2.30. The Morgan fingerprint density at radius 2 is 2.06 bits per heavy atom. The van der Waals surface area contributed by atoms with E-state index in [0.29, 0.717) is 29.0 Å². The number of fused-ring (bicyclic) bond motifs is 1. The molecule has 2 rings (SSSR count). The summed E-state index contributed by atoms with van der Waals surface area (Å²) in [6, 6.07) is 6.69. The molecule has 0 spiro atoms. The van der Waals surface area contributed by atoms with Crippen LogP contribution in [0.2, 0.25) is 0 Å². The first-order valence-electron chi connectivity index (χ1n) is 6.91. The highest BCUT2D eigenvalue weighted by atomic mass is 16.5. The first-order chi connectivity index (χ1) is 9.56. The largest absolute Gasteiger partial charge is 0.493 e. The van der Waals surface area contributed by atoms with E-state index in [4.69, 9.17) is 12.2 Å². The van der Waals surface area contributed by atoms with E-state index in [9.17, 15) is 4.79 Å². The van der Waals surface area contributed by atoms with Crippen LogP contribution in [0.1, 0.15) is 26.9 Å². The average molecular weight is 246 g/mol. The molecule has 0 atom stereocenters. The molecule has 0 saturated carbocycles. The van der Waals surface area contributed by atoms with Gasteiger partial charge in [0.15, 0.2) is 0 Å². The van der Waals surface area contributed by atoms with Gasteiger partial charge in [0.05, 0.1) is 16.0 Å². The molecule has 0 amide bonds. The second-order valence-corrected chi connectivity index (χ2v) is 3.67. The first kappa shape index (κ1) is 9.95. The Bertz CT molecular complexity index is 611. The zero-order valence-corrected chi connectivity index (χ0v) is 10.4. The summed E-state index contributed by atoms with van der Waals surface area (Å²) in [5.41, 5.74) is 1.60. The van der Waals surface area contributed by atoms with Gasteiger partial charge in [0.2, 0.25) is 0 Å². The van der Waals surface area contributed by atoms with E-state index in [2.05, 4.69) is 0 Å². The van der Waals surface area contributed by atoms with Crippen molar-refractivity contribution in [3.05, 3.63) is 41.9 Å². The fourth-order valence-corrected chi connectivity index (χ4v) is 1.83. The normalized spacial score (nSPS) is 11.9. The van der Waals surface area contributed by atoms with E-state index in [0.717, 1.165) is 0 Å². The van der Waals surface area contributed by atoms with E-state index in [-0.39, 0.29) is 18.7 Å². The lowest BCUT2D eigenvalue weighted by molar-refractivity contribution is 0.0523. The number of carbonyl (C=O) groups is 1. The molecule has 0 unspecified atom stereocenters. The Hall–Kier alpha value is -2.03. The van der Waals surface area contributed by atoms with Crippen LogP contribution in [0.3, 0.4) is 0 Å². The molecule has 2 aliphatic carbocycles. The van der Waals surface area contributed by atoms with Gasteiger partial charge in [0.1, 0.15) is 11.3 Å². The van der Waals surface area contributed by atoms with Crippen molar-refractivity contribution in [2.24, 2.45) is 0 Å². The van der Waals surface area contributed by atoms with E-state index in [1.54, 1.807) is 25.1 Å². The highest BCUT2D eigenvalue weighted by Gasteiger charge is 2.23. The zero-order chi connectivity index (χ0) is 14.7. The third-order valence-electron chi connectivity index (χ3n) is 2.53. The van der Waals surface area contributed by atoms with Crippen molar-refractivity contribution in [1.29, 1.82) is 0 Å². The molecule has 18 heavy (non-hydrogen) atoms. The summed E-state index contributed by atoms with van der Waals surface area (Å²) in [6.07, 6.45) is 0. The molecule has 0 aliphatic heterocycles. The van der Waals surface area contributed by atoms with Crippen LogP contribution in [0.15, 0.2) is 36.4 Å². The average Bonchev–Trinajstić information content (AvgIpc) is 2.60. The van der Waals surface area contributed by atoms with E-state index < -0.39 is 5.97 Å². The monoisotopic (exact) mass is 246 g/mol. The molecule has 0 fully saturated rings. The summed E-state index contributed by atoms with van der Waals surface area (Å²) in [4.78, 5) is 12.1. The summed E-state index contributed by atoms with van der Waals surface area (Å²) >= 11 is 0. The highest BCUT2D eigenvalue weighted by molar-refractivity contribution is 6.02. The molecule has 0 aromatic carbocycles. The van der Waals surface area contributed by atoms with Crippen LogP contribution in [0.4, 0.5) is 0 Å². The van der Waals surface area contributed by atoms with Gasteiger partial charge in [-0.05, 0) is 25.5 Å². The topological polar surface area (TPSA) is 35.5 Å². The third-order valence-corrected chi connectivity index (χ3v) is 2.53. The van der Waals surface area contributed by atoms with Crippen LogP contribution >= 0.6 is 0 Å². The minimum Gasteiger partial charge on any atom is -0.493 e. The second-order valence-electron chi connectivity index (χ2n) is 3.67. The molecular weight excluding hydrogens is 228 g/mol. The minimum absolute atomic E-state index is 0.171. The van der Waals surface area contributed by atoms with Crippen molar-refractivity contribution in [2.75, 3.05) is 13.2 Å². The SMILES string of the molecule is [2H]c1cc([2H])cc2c(C(=O)OCC)c(OCC)cc-2c1. The summed E-state index contributed by atoms with van der Waals surface area (Å²) in [5.74, 6) is -0.0333. The number of rotatable bonds is 4. The fraction of sp³-hybridized carbons (Fsp3) is 0.267. The first-order valence-corrected chi connectivity index (χ1v) is 5.91. The number of hydrogen-bond acceptors (Lipinski definition) is 3. The van der Waals surface area contributed by atoms with Crippen molar-refractivity contribution < 1.29 is 17.0 Å². The molecule has 0 saturated heterocycles. The summed E-state index contributed by atoms with van der Waals surface area (Å²) < 4.78 is 26.0. The molecule has 0 aromatic rings. The van der Waals surface area contributed by atoms with Gasteiger partial charge in [-0.15, -0.1) is 0 Å². The zero-order valence-electron chi connectivity index (χ0n) is 12.4. The van der Waals surface area contributed by atoms with Gasteiger partial charge in [-0.1, -0.05) is 30.3 Å². The maximum Gasteiger partial charge on any atom is 0.342 e. The molecule has 0 bridgehead atoms. The van der Waals surface area contributed by atoms with E-state index >= 15 is 0 Å². The Morgan fingerprint density at radius 1 is 1.28 bits per heavy atom. The molecule has 0 N–H and O–H groups in total. The lowest BCUT2D eigenvalue weighted by Gasteiger charge is -2.06. The smallest absolute Gasteiger partial charge is 0.342 e. The standard InChI is InChI=1S/C15H16O3/c1-3-17-13-10-11-8-6-5-7-9-12(11)14(13)15(16)18-4-2/h5-10H,3-4H2,1-2H3/i6D,7D. The molecule has 3 heteroatoms. The summed E-state index contributed by atoms with van der Waals surface area (Å²) in [7, 11) is 0. The maximum atomic E-state index is 12.1. The highest BCUT2D eigenvalue weighted by Crippen LogP contribution is 2.36. The predicted molar refractivity (Wildman–Crippen MR) is 70.2 cm³/mol. The van der Waals surface area contributed by atoms with Crippen molar-refractivity contribution in [3.8, 4) is 16.9 Å². The van der Waals surface area contributed by atoms with Gasteiger partial charge in [-0.25, -0.2) is 4.79 Å². The number of esters is 1. The van der Waals surface area contributed by atoms with Gasteiger partial charge < -0.3 is 9.47 Å². The molecule has 3 nitrogen and oxygen atoms in total. The van der Waals surface area contributed by atoms with E-state index in [1.165, 1.54) is 6.07 Å². The van der Waals surface area contributed by atoms with Gasteiger partial charge in [-0.3, -0.25) is 0 Å². The molecular formula is C15H16O3. The molecule has 0 radical (unpaired) electrons. The number of hydrogen-bond donors (Lipinski definition) is 0. The Morgan fingerprint density at radius 3 is 2.78 bits per heavy atom. The van der Waals surface area contributed by atoms with Crippen LogP contribution in [0, 0.1) is 0 Å². The Labute approximate surface area is 109 Å². The maximum absolute atomic E-state index is 12.1. The summed E-state index contributed by atoms with van der Waals surface area (Å²) in [5, 5.41) is 0. The van der Waals surface area contributed by atoms with Crippen molar-refractivity contribution in [1.82, 2.24) is 0 Å². The number of carbonyl (C=O) groups excluding carboxylic acids is 1. The van der Waals surface area contributed by atoms with Crippen LogP contribution in [-0.4, -0.2) is 19.2 Å². The Balaban J connectivity index is 2.66. The molecule has 2 aliphatic rings. The van der Waals surface area contributed by atoms with E-state index in [1.807, 2.05) is 6.92 Å². The lowest BCUT2D eigenvalue weighted by Crippen LogP contribution is -2.06. The second kappa shape index (κ2) is 5.54. The Kier molecular flexibility index (Phi) is 3.06. The van der Waals surface area contributed by atoms with Crippen LogP contribution in [0.5, 0.6) is 5.75 Å². The van der Waals surface area contributed by atoms with Gasteiger partial charge in [0, 0.05) is 5.56 Å².